The van der Waals surface area contributed by atoms with Crippen LogP contribution in [0.1, 0.15) is 23.8 Å². The molecule has 1 unspecified atom stereocenters. The van der Waals surface area contributed by atoms with Gasteiger partial charge in [-0.2, -0.15) is 0 Å². The number of hydrogen-bond acceptors (Lipinski definition) is 3. The number of nitrogens with one attached hydrogen (secondary N) is 1. The molecule has 1 amide bonds. The van der Waals surface area contributed by atoms with Crippen molar-refractivity contribution >= 4 is 17.2 Å². The van der Waals surface area contributed by atoms with Crippen LogP contribution in [0, 0.1) is 5.82 Å². The summed E-state index contributed by atoms with van der Waals surface area (Å²) in [6.45, 7) is 2.43. The third-order valence-electron chi connectivity index (χ3n) is 3.43. The van der Waals surface area contributed by atoms with Crippen LogP contribution in [0.4, 0.5) is 4.39 Å². The molecule has 3 N–H and O–H groups in total. The summed E-state index contributed by atoms with van der Waals surface area (Å²) in [5.74, 6) is -0.787. The molecule has 2 rings (SSSR count). The maximum atomic E-state index is 13.1. The molecule has 0 spiro atoms. The standard InChI is InChI=1S/C15H17FN2OS/c1-2-15(14(17)19,11-5-7-12(16)8-6-11)18-10-13-4-3-9-20-13/h3-9,18H,2,10H2,1H3,(H2,17,19). The van der Waals surface area contributed by atoms with Crippen LogP contribution >= 0.6 is 11.3 Å². The molecule has 2 aromatic rings. The molecule has 0 aliphatic carbocycles. The quantitative estimate of drug-likeness (QED) is 0.860. The highest BCUT2D eigenvalue weighted by molar-refractivity contribution is 7.09. The van der Waals surface area contributed by atoms with E-state index >= 15 is 0 Å². The minimum absolute atomic E-state index is 0.332. The van der Waals surface area contributed by atoms with Crippen LogP contribution < -0.4 is 11.1 Å². The SMILES string of the molecule is CCC(NCc1cccs1)(C(N)=O)c1ccc(F)cc1. The van der Waals surface area contributed by atoms with Crippen LogP contribution in [0.2, 0.25) is 0 Å². The number of carbonyl (C=O) groups is 1. The van der Waals surface area contributed by atoms with E-state index in [0.29, 0.717) is 18.5 Å². The Kier molecular flexibility index (Phi) is 4.52. The minimum Gasteiger partial charge on any atom is -0.368 e. The van der Waals surface area contributed by atoms with Gasteiger partial charge in [0.1, 0.15) is 11.4 Å². The van der Waals surface area contributed by atoms with E-state index in [2.05, 4.69) is 5.32 Å². The summed E-state index contributed by atoms with van der Waals surface area (Å²) in [6, 6.07) is 9.84. The van der Waals surface area contributed by atoms with Gasteiger partial charge in [0.15, 0.2) is 0 Å². The summed E-state index contributed by atoms with van der Waals surface area (Å²) in [7, 11) is 0. The summed E-state index contributed by atoms with van der Waals surface area (Å²) in [4.78, 5) is 13.1. The van der Waals surface area contributed by atoms with E-state index in [9.17, 15) is 9.18 Å². The fourth-order valence-corrected chi connectivity index (χ4v) is 2.86. The van der Waals surface area contributed by atoms with E-state index in [4.69, 9.17) is 5.73 Å². The van der Waals surface area contributed by atoms with Crippen LogP contribution in [-0.2, 0) is 16.9 Å². The lowest BCUT2D eigenvalue weighted by Gasteiger charge is -2.31. The molecule has 0 aliphatic rings. The minimum atomic E-state index is -0.975. The molecule has 1 atom stereocenters. The Bertz CT molecular complexity index is 568. The maximum absolute atomic E-state index is 13.1. The van der Waals surface area contributed by atoms with E-state index in [1.165, 1.54) is 12.1 Å². The van der Waals surface area contributed by atoms with Crippen molar-refractivity contribution in [2.75, 3.05) is 0 Å². The van der Waals surface area contributed by atoms with Crippen LogP contribution in [-0.4, -0.2) is 5.91 Å². The summed E-state index contributed by atoms with van der Waals surface area (Å²) in [5.41, 5.74) is 5.31. The Hall–Kier alpha value is -1.72. The van der Waals surface area contributed by atoms with Crippen molar-refractivity contribution in [1.29, 1.82) is 0 Å². The third kappa shape index (κ3) is 2.89. The van der Waals surface area contributed by atoms with Gasteiger partial charge in [-0.25, -0.2) is 4.39 Å². The van der Waals surface area contributed by atoms with Crippen molar-refractivity contribution in [3.05, 3.63) is 58.0 Å². The second-order valence-electron chi connectivity index (χ2n) is 4.56. The van der Waals surface area contributed by atoms with Crippen molar-refractivity contribution in [2.45, 2.75) is 25.4 Å². The fraction of sp³-hybridized carbons (Fsp3) is 0.267. The van der Waals surface area contributed by atoms with Crippen molar-refractivity contribution in [3.8, 4) is 0 Å². The molecule has 0 radical (unpaired) electrons. The molecule has 0 fully saturated rings. The number of benzene rings is 1. The summed E-state index contributed by atoms with van der Waals surface area (Å²) < 4.78 is 13.1. The molecule has 1 aromatic carbocycles. The number of amides is 1. The van der Waals surface area contributed by atoms with Crippen LogP contribution in [0.25, 0.3) is 0 Å². The molecule has 3 nitrogen and oxygen atoms in total. The first kappa shape index (κ1) is 14.7. The average molecular weight is 292 g/mol. The first-order valence-corrected chi connectivity index (χ1v) is 7.30. The highest BCUT2D eigenvalue weighted by Gasteiger charge is 2.36. The molecule has 0 saturated heterocycles. The Balaban J connectivity index is 2.29. The number of rotatable bonds is 6. The zero-order valence-corrected chi connectivity index (χ0v) is 12.0. The Labute approximate surface area is 121 Å². The van der Waals surface area contributed by atoms with E-state index < -0.39 is 11.4 Å². The van der Waals surface area contributed by atoms with Crippen molar-refractivity contribution in [1.82, 2.24) is 5.32 Å². The summed E-state index contributed by atoms with van der Waals surface area (Å²) in [5, 5.41) is 5.21. The zero-order chi connectivity index (χ0) is 14.6. The number of nitrogens with two attached hydrogens (primary N) is 1. The smallest absolute Gasteiger partial charge is 0.242 e. The lowest BCUT2D eigenvalue weighted by molar-refractivity contribution is -0.125. The fourth-order valence-electron chi connectivity index (χ4n) is 2.22. The molecular formula is C15H17FN2OS. The Morgan fingerprint density at radius 3 is 2.55 bits per heavy atom. The van der Waals surface area contributed by atoms with Crippen LogP contribution in [0.5, 0.6) is 0 Å². The molecule has 106 valence electrons. The summed E-state index contributed by atoms with van der Waals surface area (Å²) in [6.07, 6.45) is 0.499. The molecule has 5 heteroatoms. The lowest BCUT2D eigenvalue weighted by Crippen LogP contribution is -2.51. The first-order valence-electron chi connectivity index (χ1n) is 6.42. The molecule has 20 heavy (non-hydrogen) atoms. The van der Waals surface area contributed by atoms with Gasteiger partial charge < -0.3 is 5.73 Å². The van der Waals surface area contributed by atoms with E-state index in [1.54, 1.807) is 23.5 Å². The predicted molar refractivity (Wildman–Crippen MR) is 78.7 cm³/mol. The third-order valence-corrected chi connectivity index (χ3v) is 4.31. The van der Waals surface area contributed by atoms with Gasteiger partial charge in [0.2, 0.25) is 5.91 Å². The van der Waals surface area contributed by atoms with Gasteiger partial charge in [-0.15, -0.1) is 11.3 Å². The summed E-state index contributed by atoms with van der Waals surface area (Å²) >= 11 is 1.61. The second kappa shape index (κ2) is 6.15. The van der Waals surface area contributed by atoms with Gasteiger partial charge in [-0.05, 0) is 35.6 Å². The number of carbonyl (C=O) groups excluding carboxylic acids is 1. The molecule has 1 aromatic heterocycles. The average Bonchev–Trinajstić information content (AvgIpc) is 2.94. The highest BCUT2D eigenvalue weighted by Crippen LogP contribution is 2.26. The Morgan fingerprint density at radius 2 is 2.05 bits per heavy atom. The van der Waals surface area contributed by atoms with Gasteiger partial charge in [-0.1, -0.05) is 25.1 Å². The number of hydrogen-bond donors (Lipinski definition) is 2. The molecule has 0 bridgehead atoms. The van der Waals surface area contributed by atoms with Gasteiger partial charge in [-0.3, -0.25) is 10.1 Å². The predicted octanol–water partition coefficient (Wildman–Crippen LogP) is 2.77. The van der Waals surface area contributed by atoms with Gasteiger partial charge in [0, 0.05) is 11.4 Å². The number of thiophene rings is 1. The van der Waals surface area contributed by atoms with Gasteiger partial charge >= 0.3 is 0 Å². The highest BCUT2D eigenvalue weighted by atomic mass is 32.1. The zero-order valence-electron chi connectivity index (χ0n) is 11.2. The van der Waals surface area contributed by atoms with E-state index in [0.717, 1.165) is 4.88 Å². The second-order valence-corrected chi connectivity index (χ2v) is 5.60. The van der Waals surface area contributed by atoms with Crippen molar-refractivity contribution in [2.24, 2.45) is 5.73 Å². The monoisotopic (exact) mass is 292 g/mol. The molecular weight excluding hydrogens is 275 g/mol. The van der Waals surface area contributed by atoms with Crippen molar-refractivity contribution in [3.63, 3.8) is 0 Å². The van der Waals surface area contributed by atoms with Gasteiger partial charge in [0.25, 0.3) is 0 Å². The Morgan fingerprint density at radius 1 is 1.35 bits per heavy atom. The molecule has 1 heterocycles. The van der Waals surface area contributed by atoms with Crippen LogP contribution in [0.15, 0.2) is 41.8 Å². The van der Waals surface area contributed by atoms with Crippen molar-refractivity contribution < 1.29 is 9.18 Å². The van der Waals surface area contributed by atoms with Gasteiger partial charge in [0.05, 0.1) is 0 Å². The van der Waals surface area contributed by atoms with E-state index in [-0.39, 0.29) is 5.82 Å². The first-order chi connectivity index (χ1) is 9.58. The maximum Gasteiger partial charge on any atom is 0.242 e. The number of primary amides is 1. The molecule has 0 aliphatic heterocycles. The molecule has 0 saturated carbocycles. The topological polar surface area (TPSA) is 55.1 Å². The largest absolute Gasteiger partial charge is 0.368 e. The lowest BCUT2D eigenvalue weighted by atomic mass is 9.86. The normalized spacial score (nSPS) is 13.9. The number of halogens is 1. The van der Waals surface area contributed by atoms with E-state index in [1.807, 2.05) is 24.4 Å². The van der Waals surface area contributed by atoms with Crippen LogP contribution in [0.3, 0.4) is 0 Å².